The Bertz CT molecular complexity index is 858. The Labute approximate surface area is 175 Å². The molecule has 2 fully saturated rings. The van der Waals surface area contributed by atoms with Crippen molar-refractivity contribution in [2.75, 3.05) is 6.61 Å². The van der Waals surface area contributed by atoms with Crippen molar-refractivity contribution in [3.63, 3.8) is 0 Å². The van der Waals surface area contributed by atoms with Crippen LogP contribution in [0.5, 0.6) is 5.75 Å². The molecule has 4 atom stereocenters. The lowest BCUT2D eigenvalue weighted by Crippen LogP contribution is -2.29. The maximum absolute atomic E-state index is 14.9. The summed E-state index contributed by atoms with van der Waals surface area (Å²) in [5, 5.41) is 0. The molecule has 1 unspecified atom stereocenters. The molecule has 1 nitrogen and oxygen atoms in total. The van der Waals surface area contributed by atoms with Crippen molar-refractivity contribution >= 4 is 0 Å². The lowest BCUT2D eigenvalue weighted by Gasteiger charge is -2.41. The molecule has 0 aromatic heterocycles. The minimum absolute atomic E-state index is 0.117. The van der Waals surface area contributed by atoms with E-state index in [0.717, 1.165) is 36.2 Å². The van der Waals surface area contributed by atoms with Crippen LogP contribution in [0.15, 0.2) is 42.5 Å². The summed E-state index contributed by atoms with van der Waals surface area (Å²) < 4.78 is 56.4. The Morgan fingerprint density at radius 1 is 0.900 bits per heavy atom. The first kappa shape index (κ1) is 21.2. The predicted octanol–water partition coefficient (Wildman–Crippen LogP) is 7.75. The smallest absolute Gasteiger partial charge is 0.422 e. The SMILES string of the molecule is CC1CC[C@@H]2C[C@H](c3ccc(-c4ccc(OCC(F)(F)F)cc4)c(F)c3)CC[C@@H]2C1. The number of hydrogen-bond donors (Lipinski definition) is 0. The third-order valence-electron chi connectivity index (χ3n) is 6.91. The Morgan fingerprint density at radius 2 is 1.60 bits per heavy atom. The first-order valence-corrected chi connectivity index (χ1v) is 10.9. The fourth-order valence-corrected chi connectivity index (χ4v) is 5.34. The van der Waals surface area contributed by atoms with E-state index < -0.39 is 12.8 Å². The summed E-state index contributed by atoms with van der Waals surface area (Å²) in [5.74, 6) is 2.70. The molecule has 0 heterocycles. The van der Waals surface area contributed by atoms with E-state index >= 15 is 0 Å². The standard InChI is InChI=1S/C25H28F4O/c1-16-2-3-19-13-20(5-4-18(19)12-16)21-8-11-23(24(26)14-21)17-6-9-22(10-7-17)30-15-25(27,28)29/h6-11,14,16,18-20H,2-5,12-13,15H2,1H3/t16?,18-,19-,20-/m1/s1. The molecule has 0 amide bonds. The molecule has 2 aromatic carbocycles. The number of halogens is 4. The zero-order valence-corrected chi connectivity index (χ0v) is 17.2. The van der Waals surface area contributed by atoms with Crippen molar-refractivity contribution in [2.24, 2.45) is 17.8 Å². The maximum atomic E-state index is 14.9. The van der Waals surface area contributed by atoms with E-state index in [1.54, 1.807) is 24.3 Å². The fourth-order valence-electron chi connectivity index (χ4n) is 5.34. The number of benzene rings is 2. The molecular formula is C25H28F4O. The molecule has 162 valence electrons. The van der Waals surface area contributed by atoms with Gasteiger partial charge in [-0.25, -0.2) is 4.39 Å². The molecule has 0 aliphatic heterocycles. The summed E-state index contributed by atoms with van der Waals surface area (Å²) in [6.07, 6.45) is 3.08. The van der Waals surface area contributed by atoms with Gasteiger partial charge in [-0.1, -0.05) is 37.6 Å². The van der Waals surface area contributed by atoms with E-state index in [1.807, 2.05) is 6.07 Å². The Hall–Kier alpha value is -2.04. The van der Waals surface area contributed by atoms with Gasteiger partial charge >= 0.3 is 6.18 Å². The van der Waals surface area contributed by atoms with E-state index in [9.17, 15) is 17.6 Å². The monoisotopic (exact) mass is 420 g/mol. The van der Waals surface area contributed by atoms with Crippen LogP contribution in [0.4, 0.5) is 17.6 Å². The quantitative estimate of drug-likeness (QED) is 0.459. The van der Waals surface area contributed by atoms with Crippen LogP contribution in [-0.4, -0.2) is 12.8 Å². The summed E-state index contributed by atoms with van der Waals surface area (Å²) in [6.45, 7) is 1.02. The zero-order chi connectivity index (χ0) is 21.3. The first-order chi connectivity index (χ1) is 14.3. The van der Waals surface area contributed by atoms with E-state index in [4.69, 9.17) is 4.74 Å². The van der Waals surface area contributed by atoms with Gasteiger partial charge in [-0.15, -0.1) is 0 Å². The largest absolute Gasteiger partial charge is 0.484 e. The van der Waals surface area contributed by atoms with Gasteiger partial charge in [0.05, 0.1) is 0 Å². The van der Waals surface area contributed by atoms with Gasteiger partial charge < -0.3 is 4.74 Å². The summed E-state index contributed by atoms with van der Waals surface area (Å²) in [5.41, 5.74) is 2.16. The Balaban J connectivity index is 1.43. The lowest BCUT2D eigenvalue weighted by atomic mass is 9.64. The van der Waals surface area contributed by atoms with Crippen LogP contribution in [0, 0.1) is 23.6 Å². The summed E-state index contributed by atoms with van der Waals surface area (Å²) in [4.78, 5) is 0. The molecule has 5 heteroatoms. The molecule has 0 bridgehead atoms. The van der Waals surface area contributed by atoms with Crippen LogP contribution in [0.2, 0.25) is 0 Å². The van der Waals surface area contributed by atoms with Crippen molar-refractivity contribution in [1.82, 2.24) is 0 Å². The molecule has 4 rings (SSSR count). The molecule has 2 aliphatic carbocycles. The number of hydrogen-bond acceptors (Lipinski definition) is 1. The average molecular weight is 420 g/mol. The summed E-state index contributed by atoms with van der Waals surface area (Å²) in [7, 11) is 0. The third kappa shape index (κ3) is 4.98. The predicted molar refractivity (Wildman–Crippen MR) is 110 cm³/mol. The number of fused-ring (bicyclic) bond motifs is 1. The second-order valence-electron chi connectivity index (χ2n) is 9.12. The van der Waals surface area contributed by atoms with Gasteiger partial charge in [0, 0.05) is 5.56 Å². The Morgan fingerprint density at radius 3 is 2.30 bits per heavy atom. The highest BCUT2D eigenvalue weighted by Gasteiger charge is 2.35. The van der Waals surface area contributed by atoms with Crippen molar-refractivity contribution in [3.8, 4) is 16.9 Å². The van der Waals surface area contributed by atoms with E-state index in [0.29, 0.717) is 17.0 Å². The van der Waals surface area contributed by atoms with Crippen LogP contribution < -0.4 is 4.74 Å². The van der Waals surface area contributed by atoms with Gasteiger partial charge in [-0.05, 0) is 85.1 Å². The minimum atomic E-state index is -4.38. The highest BCUT2D eigenvalue weighted by atomic mass is 19.4. The molecular weight excluding hydrogens is 392 g/mol. The second-order valence-corrected chi connectivity index (χ2v) is 9.12. The van der Waals surface area contributed by atoms with Crippen LogP contribution in [-0.2, 0) is 0 Å². The van der Waals surface area contributed by atoms with Crippen molar-refractivity contribution in [3.05, 3.63) is 53.8 Å². The zero-order valence-electron chi connectivity index (χ0n) is 17.2. The van der Waals surface area contributed by atoms with Gasteiger partial charge in [0.15, 0.2) is 6.61 Å². The van der Waals surface area contributed by atoms with E-state index in [1.165, 1.54) is 37.8 Å². The molecule has 30 heavy (non-hydrogen) atoms. The molecule has 0 saturated heterocycles. The van der Waals surface area contributed by atoms with Gasteiger partial charge in [0.2, 0.25) is 0 Å². The minimum Gasteiger partial charge on any atom is -0.484 e. The molecule has 2 aliphatic rings. The van der Waals surface area contributed by atoms with Crippen LogP contribution in [0.1, 0.15) is 56.9 Å². The number of rotatable bonds is 4. The average Bonchev–Trinajstić information content (AvgIpc) is 2.72. The van der Waals surface area contributed by atoms with Gasteiger partial charge in [0.25, 0.3) is 0 Å². The summed E-state index contributed by atoms with van der Waals surface area (Å²) in [6, 6.07) is 11.5. The molecule has 0 N–H and O–H groups in total. The van der Waals surface area contributed by atoms with Crippen LogP contribution >= 0.6 is 0 Å². The Kier molecular flexibility index (Phi) is 6.08. The fraction of sp³-hybridized carbons (Fsp3) is 0.520. The number of ether oxygens (including phenoxy) is 1. The summed E-state index contributed by atoms with van der Waals surface area (Å²) >= 11 is 0. The normalized spacial score (nSPS) is 26.8. The van der Waals surface area contributed by atoms with E-state index in [2.05, 4.69) is 6.92 Å². The molecule has 2 aromatic rings. The highest BCUT2D eigenvalue weighted by Crippen LogP contribution is 2.47. The first-order valence-electron chi connectivity index (χ1n) is 10.9. The number of alkyl halides is 3. The molecule has 2 saturated carbocycles. The highest BCUT2D eigenvalue weighted by molar-refractivity contribution is 5.65. The van der Waals surface area contributed by atoms with Crippen molar-refractivity contribution in [2.45, 2.75) is 57.5 Å². The van der Waals surface area contributed by atoms with Crippen molar-refractivity contribution in [1.29, 1.82) is 0 Å². The van der Waals surface area contributed by atoms with E-state index in [-0.39, 0.29) is 11.6 Å². The second kappa shape index (κ2) is 8.60. The van der Waals surface area contributed by atoms with Gasteiger partial charge in [-0.2, -0.15) is 13.2 Å². The van der Waals surface area contributed by atoms with Crippen molar-refractivity contribution < 1.29 is 22.3 Å². The van der Waals surface area contributed by atoms with Crippen LogP contribution in [0.3, 0.4) is 0 Å². The third-order valence-corrected chi connectivity index (χ3v) is 6.91. The lowest BCUT2D eigenvalue weighted by molar-refractivity contribution is -0.153. The maximum Gasteiger partial charge on any atom is 0.422 e. The topological polar surface area (TPSA) is 9.23 Å². The van der Waals surface area contributed by atoms with Gasteiger partial charge in [0.1, 0.15) is 11.6 Å². The van der Waals surface area contributed by atoms with Gasteiger partial charge in [-0.3, -0.25) is 0 Å². The molecule has 0 radical (unpaired) electrons. The van der Waals surface area contributed by atoms with Crippen LogP contribution in [0.25, 0.3) is 11.1 Å². The molecule has 0 spiro atoms.